The monoisotopic (exact) mass is 295 g/mol. The van der Waals surface area contributed by atoms with E-state index in [0.29, 0.717) is 17.1 Å². The number of para-hydroxylation sites is 1. The Balaban J connectivity index is 2.30. The van der Waals surface area contributed by atoms with E-state index in [0.717, 1.165) is 5.69 Å². The minimum Gasteiger partial charge on any atom is -0.381 e. The number of anilines is 1. The van der Waals surface area contributed by atoms with Crippen molar-refractivity contribution in [2.75, 3.05) is 11.6 Å². The van der Waals surface area contributed by atoms with Gasteiger partial charge in [0.2, 0.25) is 0 Å². The van der Waals surface area contributed by atoms with Crippen LogP contribution in [0.3, 0.4) is 0 Å². The average molecular weight is 296 g/mol. The topological polar surface area (TPSA) is 46.2 Å². The maximum absolute atomic E-state index is 11.7. The van der Waals surface area contributed by atoms with Gasteiger partial charge in [0.25, 0.3) is 0 Å². The molecule has 2 aromatic carbocycles. The Labute approximate surface area is 118 Å². The van der Waals surface area contributed by atoms with Crippen molar-refractivity contribution in [1.29, 1.82) is 0 Å². The van der Waals surface area contributed by atoms with Crippen molar-refractivity contribution in [3.05, 3.63) is 59.1 Å². The maximum Gasteiger partial charge on any atom is 0.175 e. The van der Waals surface area contributed by atoms with Crippen LogP contribution in [0.1, 0.15) is 5.56 Å². The van der Waals surface area contributed by atoms with Gasteiger partial charge >= 0.3 is 0 Å². The molecule has 0 bridgehead atoms. The summed E-state index contributed by atoms with van der Waals surface area (Å²) in [5, 5.41) is 3.62. The quantitative estimate of drug-likeness (QED) is 0.941. The molecule has 0 unspecified atom stereocenters. The van der Waals surface area contributed by atoms with Crippen molar-refractivity contribution in [2.45, 2.75) is 11.4 Å². The van der Waals surface area contributed by atoms with Gasteiger partial charge in [-0.2, -0.15) is 0 Å². The third-order valence-electron chi connectivity index (χ3n) is 2.72. The molecule has 100 valence electrons. The highest BCUT2D eigenvalue weighted by Gasteiger charge is 2.15. The molecule has 0 aliphatic rings. The van der Waals surface area contributed by atoms with Crippen LogP contribution in [0.5, 0.6) is 0 Å². The van der Waals surface area contributed by atoms with E-state index in [1.165, 1.54) is 6.26 Å². The van der Waals surface area contributed by atoms with Gasteiger partial charge in [-0.25, -0.2) is 8.42 Å². The third kappa shape index (κ3) is 3.49. The lowest BCUT2D eigenvalue weighted by molar-refractivity contribution is 0.601. The van der Waals surface area contributed by atoms with Crippen molar-refractivity contribution in [3.8, 4) is 0 Å². The van der Waals surface area contributed by atoms with E-state index in [2.05, 4.69) is 5.32 Å². The summed E-state index contributed by atoms with van der Waals surface area (Å²) in [5.74, 6) is 0. The second kappa shape index (κ2) is 5.63. The van der Waals surface area contributed by atoms with E-state index in [9.17, 15) is 8.42 Å². The molecule has 0 heterocycles. The molecule has 0 saturated carbocycles. The van der Waals surface area contributed by atoms with E-state index in [-0.39, 0.29) is 4.90 Å². The minimum atomic E-state index is -3.28. The number of benzene rings is 2. The Kier molecular flexibility index (Phi) is 4.12. The van der Waals surface area contributed by atoms with Gasteiger partial charge in [-0.3, -0.25) is 0 Å². The number of rotatable bonds is 4. The average Bonchev–Trinajstić information content (AvgIpc) is 2.37. The lowest BCUT2D eigenvalue weighted by Crippen LogP contribution is -2.07. The summed E-state index contributed by atoms with van der Waals surface area (Å²) in [7, 11) is -3.28. The van der Waals surface area contributed by atoms with E-state index >= 15 is 0 Å². The molecule has 0 aromatic heterocycles. The molecular weight excluding hydrogens is 282 g/mol. The fraction of sp³-hybridized carbons (Fsp3) is 0.143. The Morgan fingerprint density at radius 3 is 2.37 bits per heavy atom. The summed E-state index contributed by atoms with van der Waals surface area (Å²) in [5.41, 5.74) is 1.51. The molecule has 19 heavy (non-hydrogen) atoms. The number of hydrogen-bond donors (Lipinski definition) is 1. The van der Waals surface area contributed by atoms with Gasteiger partial charge in [-0.15, -0.1) is 0 Å². The third-order valence-corrected chi connectivity index (χ3v) is 4.25. The van der Waals surface area contributed by atoms with E-state index in [1.807, 2.05) is 30.3 Å². The number of halogens is 1. The molecule has 2 aromatic rings. The molecule has 2 rings (SSSR count). The summed E-state index contributed by atoms with van der Waals surface area (Å²) in [4.78, 5) is 0.267. The highest BCUT2D eigenvalue weighted by Crippen LogP contribution is 2.25. The molecular formula is C14H14ClNO2S. The summed E-state index contributed by atoms with van der Waals surface area (Å²) in [6.07, 6.45) is 1.19. The van der Waals surface area contributed by atoms with Gasteiger partial charge in [0.15, 0.2) is 9.84 Å². The fourth-order valence-corrected chi connectivity index (χ4v) is 3.06. The van der Waals surface area contributed by atoms with Crippen LogP contribution in [0.2, 0.25) is 5.02 Å². The zero-order valence-corrected chi connectivity index (χ0v) is 12.0. The van der Waals surface area contributed by atoms with Crippen LogP contribution in [-0.4, -0.2) is 14.7 Å². The van der Waals surface area contributed by atoms with Gasteiger partial charge < -0.3 is 5.32 Å². The SMILES string of the molecule is CS(=O)(=O)c1cccc(Cl)c1CNc1ccccc1. The molecule has 0 aliphatic carbocycles. The smallest absolute Gasteiger partial charge is 0.175 e. The van der Waals surface area contributed by atoms with Crippen LogP contribution < -0.4 is 5.32 Å². The molecule has 5 heteroatoms. The van der Waals surface area contributed by atoms with Crippen LogP contribution in [0.25, 0.3) is 0 Å². The van der Waals surface area contributed by atoms with E-state index in [4.69, 9.17) is 11.6 Å². The van der Waals surface area contributed by atoms with Crippen molar-refractivity contribution < 1.29 is 8.42 Å². The second-order valence-corrected chi connectivity index (χ2v) is 6.60. The maximum atomic E-state index is 11.7. The summed E-state index contributed by atoms with van der Waals surface area (Å²) < 4.78 is 23.5. The van der Waals surface area contributed by atoms with Crippen molar-refractivity contribution in [2.24, 2.45) is 0 Å². The molecule has 0 fully saturated rings. The number of sulfone groups is 1. The van der Waals surface area contributed by atoms with E-state index < -0.39 is 9.84 Å². The molecule has 0 saturated heterocycles. The Morgan fingerprint density at radius 1 is 1.05 bits per heavy atom. The Bertz CT molecular complexity index is 669. The van der Waals surface area contributed by atoms with Gasteiger partial charge in [-0.1, -0.05) is 35.9 Å². The summed E-state index contributed by atoms with van der Waals surface area (Å²) in [6, 6.07) is 14.5. The standard InChI is InChI=1S/C14H14ClNO2S/c1-19(17,18)14-9-5-8-13(15)12(14)10-16-11-6-3-2-4-7-11/h2-9,16H,10H2,1H3. The predicted molar refractivity (Wildman–Crippen MR) is 78.3 cm³/mol. The van der Waals surface area contributed by atoms with E-state index in [1.54, 1.807) is 18.2 Å². The van der Waals surface area contributed by atoms with Gasteiger partial charge in [0.1, 0.15) is 0 Å². The molecule has 0 atom stereocenters. The molecule has 1 N–H and O–H groups in total. The molecule has 0 radical (unpaired) electrons. The number of nitrogens with one attached hydrogen (secondary N) is 1. The largest absolute Gasteiger partial charge is 0.381 e. The minimum absolute atomic E-state index is 0.267. The van der Waals surface area contributed by atoms with Gasteiger partial charge in [0.05, 0.1) is 4.90 Å². The van der Waals surface area contributed by atoms with Crippen LogP contribution >= 0.6 is 11.6 Å². The molecule has 0 spiro atoms. The van der Waals surface area contributed by atoms with Crippen molar-refractivity contribution in [1.82, 2.24) is 0 Å². The van der Waals surface area contributed by atoms with Crippen LogP contribution in [0, 0.1) is 0 Å². The zero-order chi connectivity index (χ0) is 13.9. The van der Waals surface area contributed by atoms with Crippen LogP contribution in [0.15, 0.2) is 53.4 Å². The van der Waals surface area contributed by atoms with Crippen LogP contribution in [-0.2, 0) is 16.4 Å². The zero-order valence-electron chi connectivity index (χ0n) is 10.4. The Morgan fingerprint density at radius 2 is 1.74 bits per heavy atom. The van der Waals surface area contributed by atoms with Gasteiger partial charge in [-0.05, 0) is 24.3 Å². The molecule has 0 aliphatic heterocycles. The Hall–Kier alpha value is -1.52. The van der Waals surface area contributed by atoms with Gasteiger partial charge in [0, 0.05) is 29.1 Å². The first-order valence-electron chi connectivity index (χ1n) is 5.75. The normalized spacial score (nSPS) is 11.3. The first-order chi connectivity index (χ1) is 8.98. The fourth-order valence-electron chi connectivity index (χ4n) is 1.80. The molecule has 0 amide bonds. The van der Waals surface area contributed by atoms with Crippen LogP contribution in [0.4, 0.5) is 5.69 Å². The summed E-state index contributed by atoms with van der Waals surface area (Å²) in [6.45, 7) is 0.367. The highest BCUT2D eigenvalue weighted by molar-refractivity contribution is 7.90. The second-order valence-electron chi connectivity index (χ2n) is 4.21. The molecule has 3 nitrogen and oxygen atoms in total. The lowest BCUT2D eigenvalue weighted by Gasteiger charge is -2.12. The highest BCUT2D eigenvalue weighted by atomic mass is 35.5. The van der Waals surface area contributed by atoms with Crippen molar-refractivity contribution in [3.63, 3.8) is 0 Å². The first kappa shape index (κ1) is 13.9. The lowest BCUT2D eigenvalue weighted by atomic mass is 10.2. The van der Waals surface area contributed by atoms with Crippen molar-refractivity contribution >= 4 is 27.1 Å². The number of hydrogen-bond acceptors (Lipinski definition) is 3. The predicted octanol–water partition coefficient (Wildman–Crippen LogP) is 3.36. The summed E-state index contributed by atoms with van der Waals surface area (Å²) >= 11 is 6.10. The first-order valence-corrected chi connectivity index (χ1v) is 8.02.